The fraction of sp³-hybridized carbons (Fsp3) is 0.412. The molecule has 0 fully saturated rings. The Morgan fingerprint density at radius 3 is 2.64 bits per heavy atom. The van der Waals surface area contributed by atoms with E-state index in [-0.39, 0.29) is 16.6 Å². The monoisotopic (exact) mass is 348 g/mol. The third-order valence-corrected chi connectivity index (χ3v) is 3.87. The summed E-state index contributed by atoms with van der Waals surface area (Å²) in [6.07, 6.45) is 3.61. The number of non-ortho nitro benzene ring substituents is 1. The van der Waals surface area contributed by atoms with Crippen molar-refractivity contribution in [1.82, 2.24) is 4.57 Å². The highest BCUT2D eigenvalue weighted by molar-refractivity contribution is 5.90. The second kappa shape index (κ2) is 7.78. The van der Waals surface area contributed by atoms with Crippen molar-refractivity contribution in [3.05, 3.63) is 38.7 Å². The van der Waals surface area contributed by atoms with Crippen LogP contribution in [0.3, 0.4) is 0 Å². The van der Waals surface area contributed by atoms with E-state index in [1.54, 1.807) is 0 Å². The normalized spacial score (nSPS) is 10.8. The minimum atomic E-state index is -0.730. The number of unbranched alkanes of at least 4 members (excludes halogenated alkanes) is 3. The molecule has 1 N–H and O–H groups in total. The number of aromatic nitrogens is 1. The Balaban J connectivity index is 2.65. The van der Waals surface area contributed by atoms with Gasteiger partial charge in [0.1, 0.15) is 0 Å². The van der Waals surface area contributed by atoms with E-state index in [9.17, 15) is 24.8 Å². The Kier molecular flexibility index (Phi) is 5.74. The van der Waals surface area contributed by atoms with Crippen molar-refractivity contribution in [2.24, 2.45) is 0 Å². The standard InChI is InChI=1S/C17H20N2O6/c1-3-4-5-6-9-18-14-10-12(19(23)24)7-8-13(14)15(21)16(17(18)22)25-11(2)20/h7-8,10,21H,3-6,9H2,1-2H3. The van der Waals surface area contributed by atoms with Crippen molar-refractivity contribution >= 4 is 22.6 Å². The molecule has 0 unspecified atom stereocenters. The highest BCUT2D eigenvalue weighted by Gasteiger charge is 2.21. The molecule has 1 heterocycles. The summed E-state index contributed by atoms with van der Waals surface area (Å²) in [5.74, 6) is -1.68. The largest absolute Gasteiger partial charge is 0.504 e. The van der Waals surface area contributed by atoms with Gasteiger partial charge < -0.3 is 14.4 Å². The number of hydrogen-bond donors (Lipinski definition) is 1. The van der Waals surface area contributed by atoms with Crippen LogP contribution in [0, 0.1) is 10.1 Å². The Morgan fingerprint density at radius 2 is 2.04 bits per heavy atom. The number of benzene rings is 1. The molecule has 2 aromatic rings. The number of nitro groups is 1. The lowest BCUT2D eigenvalue weighted by Crippen LogP contribution is -2.24. The summed E-state index contributed by atoms with van der Waals surface area (Å²) in [7, 11) is 0. The molecular formula is C17H20N2O6. The van der Waals surface area contributed by atoms with E-state index in [1.807, 2.05) is 0 Å². The van der Waals surface area contributed by atoms with Crippen molar-refractivity contribution < 1.29 is 19.6 Å². The highest BCUT2D eigenvalue weighted by Crippen LogP contribution is 2.33. The summed E-state index contributed by atoms with van der Waals surface area (Å²) in [4.78, 5) is 34.3. The van der Waals surface area contributed by atoms with Gasteiger partial charge >= 0.3 is 5.97 Å². The van der Waals surface area contributed by atoms with Crippen molar-refractivity contribution in [2.75, 3.05) is 0 Å². The molecule has 134 valence electrons. The molecule has 8 nitrogen and oxygen atoms in total. The first kappa shape index (κ1) is 18.4. The molecule has 1 aromatic heterocycles. The fourth-order valence-corrected chi connectivity index (χ4v) is 2.67. The van der Waals surface area contributed by atoms with Crippen molar-refractivity contribution in [3.8, 4) is 11.5 Å². The number of fused-ring (bicyclic) bond motifs is 1. The van der Waals surface area contributed by atoms with E-state index >= 15 is 0 Å². The average Bonchev–Trinajstić information content (AvgIpc) is 2.57. The van der Waals surface area contributed by atoms with Crippen LogP contribution in [0.15, 0.2) is 23.0 Å². The lowest BCUT2D eigenvalue weighted by atomic mass is 10.1. The van der Waals surface area contributed by atoms with Gasteiger partial charge in [-0.1, -0.05) is 26.2 Å². The number of carbonyl (C=O) groups excluding carboxylic acids is 1. The Hall–Kier alpha value is -2.90. The van der Waals surface area contributed by atoms with Gasteiger partial charge in [-0.05, 0) is 12.5 Å². The molecular weight excluding hydrogens is 328 g/mol. The van der Waals surface area contributed by atoms with Crippen LogP contribution in [0.25, 0.3) is 10.9 Å². The predicted octanol–water partition coefficient (Wildman–Crippen LogP) is 3.12. The van der Waals surface area contributed by atoms with Gasteiger partial charge in [-0.15, -0.1) is 0 Å². The van der Waals surface area contributed by atoms with Crippen LogP contribution in [-0.2, 0) is 11.3 Å². The van der Waals surface area contributed by atoms with Crippen LogP contribution in [0.4, 0.5) is 5.69 Å². The van der Waals surface area contributed by atoms with E-state index in [4.69, 9.17) is 4.74 Å². The quantitative estimate of drug-likeness (QED) is 0.356. The van der Waals surface area contributed by atoms with E-state index < -0.39 is 28.0 Å². The first-order valence-electron chi connectivity index (χ1n) is 8.09. The van der Waals surface area contributed by atoms with E-state index in [2.05, 4.69) is 6.92 Å². The molecule has 0 saturated heterocycles. The number of ether oxygens (including phenoxy) is 1. The van der Waals surface area contributed by atoms with Crippen molar-refractivity contribution in [2.45, 2.75) is 46.1 Å². The molecule has 25 heavy (non-hydrogen) atoms. The molecule has 0 aliphatic heterocycles. The van der Waals surface area contributed by atoms with E-state index in [1.165, 1.54) is 22.8 Å². The summed E-state index contributed by atoms with van der Waals surface area (Å²) in [5, 5.41) is 21.5. The third kappa shape index (κ3) is 3.96. The van der Waals surface area contributed by atoms with Gasteiger partial charge in [0.25, 0.3) is 11.2 Å². The van der Waals surface area contributed by atoms with Gasteiger partial charge in [0, 0.05) is 31.0 Å². The number of aromatic hydroxyl groups is 1. The second-order valence-electron chi connectivity index (χ2n) is 5.75. The first-order valence-corrected chi connectivity index (χ1v) is 8.09. The van der Waals surface area contributed by atoms with Crippen molar-refractivity contribution in [1.29, 1.82) is 0 Å². The maximum Gasteiger partial charge on any atom is 0.308 e. The van der Waals surface area contributed by atoms with E-state index in [0.29, 0.717) is 13.0 Å². The maximum atomic E-state index is 12.6. The van der Waals surface area contributed by atoms with Gasteiger partial charge in [-0.2, -0.15) is 0 Å². The average molecular weight is 348 g/mol. The topological polar surface area (TPSA) is 112 Å². The van der Waals surface area contributed by atoms with Crippen LogP contribution in [0.1, 0.15) is 39.5 Å². The lowest BCUT2D eigenvalue weighted by molar-refractivity contribution is -0.384. The Labute approximate surface area is 143 Å². The molecule has 0 aliphatic carbocycles. The zero-order valence-electron chi connectivity index (χ0n) is 14.2. The minimum absolute atomic E-state index is 0.186. The number of rotatable bonds is 7. The number of aryl methyl sites for hydroxylation is 1. The molecule has 1 aromatic carbocycles. The summed E-state index contributed by atoms with van der Waals surface area (Å²) >= 11 is 0. The number of pyridine rings is 1. The van der Waals surface area contributed by atoms with Crippen LogP contribution < -0.4 is 10.3 Å². The molecule has 8 heteroatoms. The third-order valence-electron chi connectivity index (χ3n) is 3.87. The number of nitro benzene ring substituents is 1. The van der Waals surface area contributed by atoms with Gasteiger partial charge in [0.15, 0.2) is 5.75 Å². The SMILES string of the molecule is CCCCCCn1c(=O)c(OC(C)=O)c(O)c2ccc([N+](=O)[O-])cc21. The summed E-state index contributed by atoms with van der Waals surface area (Å²) in [6, 6.07) is 3.82. The van der Waals surface area contributed by atoms with Crippen LogP contribution in [0.2, 0.25) is 0 Å². The summed E-state index contributed by atoms with van der Waals surface area (Å²) in [5.41, 5.74) is -0.629. The Morgan fingerprint density at radius 1 is 1.32 bits per heavy atom. The zero-order chi connectivity index (χ0) is 18.6. The molecule has 0 amide bonds. The van der Waals surface area contributed by atoms with E-state index in [0.717, 1.165) is 26.2 Å². The zero-order valence-corrected chi connectivity index (χ0v) is 14.2. The molecule has 0 radical (unpaired) electrons. The summed E-state index contributed by atoms with van der Waals surface area (Å²) in [6.45, 7) is 3.50. The van der Waals surface area contributed by atoms with Gasteiger partial charge in [-0.25, -0.2) is 0 Å². The fourth-order valence-electron chi connectivity index (χ4n) is 2.67. The van der Waals surface area contributed by atoms with Crippen LogP contribution in [-0.4, -0.2) is 20.6 Å². The maximum absolute atomic E-state index is 12.6. The number of hydrogen-bond acceptors (Lipinski definition) is 6. The molecule has 0 spiro atoms. The lowest BCUT2D eigenvalue weighted by Gasteiger charge is -2.14. The second-order valence-corrected chi connectivity index (χ2v) is 5.75. The molecule has 0 bridgehead atoms. The first-order chi connectivity index (χ1) is 11.9. The Bertz CT molecular complexity index is 872. The number of carbonyl (C=O) groups is 1. The van der Waals surface area contributed by atoms with Gasteiger partial charge in [-0.3, -0.25) is 19.7 Å². The number of esters is 1. The molecule has 0 atom stereocenters. The van der Waals surface area contributed by atoms with Crippen LogP contribution >= 0.6 is 0 Å². The van der Waals surface area contributed by atoms with Gasteiger partial charge in [0.05, 0.1) is 10.4 Å². The number of nitrogens with zero attached hydrogens (tertiary/aromatic N) is 2. The van der Waals surface area contributed by atoms with Gasteiger partial charge in [0.2, 0.25) is 5.75 Å². The molecule has 0 saturated carbocycles. The van der Waals surface area contributed by atoms with Crippen molar-refractivity contribution in [3.63, 3.8) is 0 Å². The minimum Gasteiger partial charge on any atom is -0.504 e. The predicted molar refractivity (Wildman–Crippen MR) is 92.0 cm³/mol. The van der Waals surface area contributed by atoms with Crippen LogP contribution in [0.5, 0.6) is 11.5 Å². The molecule has 0 aliphatic rings. The smallest absolute Gasteiger partial charge is 0.308 e. The summed E-state index contributed by atoms with van der Waals surface area (Å²) < 4.78 is 6.19. The highest BCUT2D eigenvalue weighted by atomic mass is 16.6. The molecule has 2 rings (SSSR count).